The predicted molar refractivity (Wildman–Crippen MR) is 147 cm³/mol. The number of hydrogen-bond acceptors (Lipinski definition) is 9. The number of carbonyl (C=O) groups is 2. The third-order valence-corrected chi connectivity index (χ3v) is 11.1. The maximum Gasteiger partial charge on any atom is 0.336 e. The first-order valence-electron chi connectivity index (χ1n) is 14.6. The van der Waals surface area contributed by atoms with Gasteiger partial charge in [0.15, 0.2) is 0 Å². The van der Waals surface area contributed by atoms with Crippen LogP contribution in [-0.2, 0) is 29.3 Å². The number of aliphatic hydroxyl groups excluding tert-OH is 1. The summed E-state index contributed by atoms with van der Waals surface area (Å²) in [5.74, 6) is -0.450. The van der Waals surface area contributed by atoms with Crippen molar-refractivity contribution in [1.82, 2.24) is 4.90 Å². The van der Waals surface area contributed by atoms with Gasteiger partial charge in [0.05, 0.1) is 50.7 Å². The van der Waals surface area contributed by atoms with E-state index in [1.807, 2.05) is 38.2 Å². The first-order valence-corrected chi connectivity index (χ1v) is 14.6. The molecular weight excluding hydrogens is 528 g/mol. The number of nitrogens with zero attached hydrogens (tertiary/aromatic N) is 2. The van der Waals surface area contributed by atoms with Gasteiger partial charge in [0.1, 0.15) is 22.9 Å². The molecule has 9 atom stereocenters. The van der Waals surface area contributed by atoms with Gasteiger partial charge in [-0.2, -0.15) is 5.06 Å². The summed E-state index contributed by atoms with van der Waals surface area (Å²) in [4.78, 5) is 35.4. The summed E-state index contributed by atoms with van der Waals surface area (Å²) in [5, 5.41) is 23.0. The molecule has 41 heavy (non-hydrogen) atoms. The van der Waals surface area contributed by atoms with Crippen LogP contribution < -0.4 is 9.80 Å². The number of piperidine rings is 1. The van der Waals surface area contributed by atoms with Crippen molar-refractivity contribution in [2.24, 2.45) is 23.7 Å². The molecule has 5 heterocycles. The average molecular weight is 567 g/mol. The molecule has 220 valence electrons. The Kier molecular flexibility index (Phi) is 6.11. The first kappa shape index (κ1) is 26.9. The zero-order valence-electron chi connectivity index (χ0n) is 23.9. The maximum absolute atomic E-state index is 14.4. The molecule has 1 spiro atoms. The zero-order valence-corrected chi connectivity index (χ0v) is 23.9. The number of allylic oxidation sites excluding steroid dienone is 1. The molecule has 8 rings (SSSR count). The minimum absolute atomic E-state index is 0.112. The molecule has 2 saturated carbocycles. The van der Waals surface area contributed by atoms with Gasteiger partial charge in [-0.3, -0.25) is 9.63 Å². The minimum Gasteiger partial charge on any atom is -0.497 e. The number of ether oxygens (including phenoxy) is 3. The van der Waals surface area contributed by atoms with Crippen LogP contribution in [0.15, 0.2) is 41.6 Å². The highest BCUT2D eigenvalue weighted by Gasteiger charge is 2.65. The molecule has 1 amide bonds. The summed E-state index contributed by atoms with van der Waals surface area (Å²) in [5.41, 5.74) is 0.745. The van der Waals surface area contributed by atoms with Crippen molar-refractivity contribution in [2.75, 3.05) is 39.0 Å². The summed E-state index contributed by atoms with van der Waals surface area (Å²) in [6, 6.07) is 5.54. The Morgan fingerprint density at radius 1 is 1.22 bits per heavy atom. The molecule has 2 aliphatic carbocycles. The van der Waals surface area contributed by atoms with Crippen molar-refractivity contribution in [3.05, 3.63) is 47.2 Å². The Balaban J connectivity index is 1.35. The van der Waals surface area contributed by atoms with Gasteiger partial charge in [0.25, 0.3) is 5.91 Å². The Morgan fingerprint density at radius 3 is 2.73 bits per heavy atom. The number of fused-ring (bicyclic) bond motifs is 3. The van der Waals surface area contributed by atoms with Crippen molar-refractivity contribution in [1.29, 1.82) is 0 Å². The van der Waals surface area contributed by atoms with Crippen molar-refractivity contribution in [2.45, 2.75) is 62.4 Å². The predicted octanol–water partition coefficient (Wildman–Crippen LogP) is 2.09. The van der Waals surface area contributed by atoms with Crippen LogP contribution in [0.5, 0.6) is 5.75 Å². The molecule has 10 heteroatoms. The van der Waals surface area contributed by atoms with Crippen LogP contribution in [-0.4, -0.2) is 84.8 Å². The molecule has 1 aromatic carbocycles. The summed E-state index contributed by atoms with van der Waals surface area (Å²) in [6.07, 6.45) is 4.90. The van der Waals surface area contributed by atoms with E-state index < -0.39 is 35.6 Å². The van der Waals surface area contributed by atoms with E-state index in [-0.39, 0.29) is 35.8 Å². The number of methoxy groups -OCH3 is 1. The summed E-state index contributed by atoms with van der Waals surface area (Å²) in [7, 11) is 3.09. The largest absolute Gasteiger partial charge is 0.497 e. The summed E-state index contributed by atoms with van der Waals surface area (Å²) >= 11 is 0. The lowest BCUT2D eigenvalue weighted by atomic mass is 9.72. The van der Waals surface area contributed by atoms with Gasteiger partial charge in [0.2, 0.25) is 0 Å². The van der Waals surface area contributed by atoms with Crippen LogP contribution in [0.2, 0.25) is 0 Å². The van der Waals surface area contributed by atoms with E-state index in [1.165, 1.54) is 17.7 Å². The van der Waals surface area contributed by atoms with Gasteiger partial charge in [-0.1, -0.05) is 24.6 Å². The normalized spacial score (nSPS) is 42.7. The number of benzene rings is 1. The molecule has 7 aliphatic rings. The lowest BCUT2D eigenvalue weighted by molar-refractivity contribution is -0.139. The molecule has 6 fully saturated rings. The van der Waals surface area contributed by atoms with E-state index in [0.29, 0.717) is 49.4 Å². The van der Waals surface area contributed by atoms with Gasteiger partial charge in [0, 0.05) is 30.8 Å². The van der Waals surface area contributed by atoms with Crippen LogP contribution in [0.3, 0.4) is 0 Å². The number of hydroxylamine groups is 1. The summed E-state index contributed by atoms with van der Waals surface area (Å²) < 4.78 is 17.7. The Bertz CT molecular complexity index is 1360. The molecule has 4 saturated heterocycles. The van der Waals surface area contributed by atoms with Gasteiger partial charge in [-0.05, 0) is 49.7 Å². The monoisotopic (exact) mass is 566 g/mol. The van der Waals surface area contributed by atoms with Crippen LogP contribution in [0.25, 0.3) is 0 Å². The Hall–Kier alpha value is -2.92. The number of rotatable bonds is 4. The second kappa shape index (κ2) is 9.29. The Labute approximate surface area is 239 Å². The number of likely N-dealkylation sites (tertiary alicyclic amines) is 1. The quantitative estimate of drug-likeness (QED) is 0.321. The van der Waals surface area contributed by atoms with Crippen molar-refractivity contribution >= 4 is 17.6 Å². The molecule has 4 bridgehead atoms. The highest BCUT2D eigenvalue weighted by atomic mass is 16.7. The van der Waals surface area contributed by atoms with Crippen LogP contribution in [0.4, 0.5) is 5.69 Å². The number of hydrogen-bond donors (Lipinski definition) is 2. The standard InChI is InChI=1S/C31H38N2O8/c1-5-17-12-32(13-20-27-25(41-28(20)35)8-16(2)31(27,37)15-34)24-11-30(26-10-19(17)21(24)14-40-26)22-7-6-18(38-3)9-23(22)33(39-4)29(30)36/h5-7,9,13,16,19,21,24-27,34,37H,8,10-12,14-15H2,1-4H3/b17-5-,20-13+/t16-,19-,21-,24-,25-,26+,27-,30-,31-/m0/s1. The SMILES string of the molecule is C/C=C1/CN(/C=C2/C(=O)O[C@H]3C[C@H](C)[C@@](O)(CO)[C@@H]23)[C@H]2C[C@@]3(C(=O)N(OC)c4cc(OC)ccc43)[C@H]3C[C@@H]1[C@@H]2CO3. The smallest absolute Gasteiger partial charge is 0.336 e. The zero-order chi connectivity index (χ0) is 28.8. The fourth-order valence-electron chi connectivity index (χ4n) is 8.91. The molecule has 10 nitrogen and oxygen atoms in total. The third-order valence-electron chi connectivity index (χ3n) is 11.1. The fraction of sp³-hybridized carbons (Fsp3) is 0.613. The second-order valence-electron chi connectivity index (χ2n) is 12.6. The van der Waals surface area contributed by atoms with E-state index in [9.17, 15) is 19.8 Å². The lowest BCUT2D eigenvalue weighted by Gasteiger charge is -2.47. The fourth-order valence-corrected chi connectivity index (χ4v) is 8.91. The minimum atomic E-state index is -1.44. The topological polar surface area (TPSA) is 118 Å². The molecule has 0 aromatic heterocycles. The highest BCUT2D eigenvalue weighted by Crippen LogP contribution is 2.58. The van der Waals surface area contributed by atoms with Crippen molar-refractivity contribution < 1.29 is 38.9 Å². The third kappa shape index (κ3) is 3.45. The van der Waals surface area contributed by atoms with E-state index >= 15 is 0 Å². The van der Waals surface area contributed by atoms with E-state index in [0.717, 1.165) is 5.56 Å². The molecule has 2 N–H and O–H groups in total. The number of carbonyl (C=O) groups excluding carboxylic acids is 2. The van der Waals surface area contributed by atoms with E-state index in [1.54, 1.807) is 7.11 Å². The number of anilines is 1. The van der Waals surface area contributed by atoms with Gasteiger partial charge in [-0.15, -0.1) is 0 Å². The molecule has 0 unspecified atom stereocenters. The molecule has 5 aliphatic heterocycles. The lowest BCUT2D eigenvalue weighted by Crippen LogP contribution is -2.51. The molecule has 0 radical (unpaired) electrons. The maximum atomic E-state index is 14.4. The van der Waals surface area contributed by atoms with Crippen molar-refractivity contribution in [3.63, 3.8) is 0 Å². The number of amides is 1. The first-order chi connectivity index (χ1) is 19.7. The second-order valence-corrected chi connectivity index (χ2v) is 12.6. The Morgan fingerprint density at radius 2 is 2.02 bits per heavy atom. The molecule has 1 aromatic rings. The van der Waals surface area contributed by atoms with Crippen molar-refractivity contribution in [3.8, 4) is 5.75 Å². The van der Waals surface area contributed by atoms with Crippen LogP contribution in [0, 0.1) is 23.7 Å². The molecular formula is C31H38N2O8. The average Bonchev–Trinajstić information content (AvgIpc) is 3.42. The highest BCUT2D eigenvalue weighted by molar-refractivity contribution is 6.07. The van der Waals surface area contributed by atoms with Gasteiger partial charge in [-0.25, -0.2) is 4.79 Å². The summed E-state index contributed by atoms with van der Waals surface area (Å²) in [6.45, 7) is 4.57. The number of aliphatic hydroxyl groups is 2. The van der Waals surface area contributed by atoms with Crippen LogP contribution in [0.1, 0.15) is 38.7 Å². The van der Waals surface area contributed by atoms with E-state index in [4.69, 9.17) is 19.0 Å². The number of esters is 1. The van der Waals surface area contributed by atoms with Crippen LogP contribution >= 0.6 is 0 Å². The van der Waals surface area contributed by atoms with Gasteiger partial charge >= 0.3 is 5.97 Å². The van der Waals surface area contributed by atoms with E-state index in [2.05, 4.69) is 11.0 Å². The van der Waals surface area contributed by atoms with Gasteiger partial charge < -0.3 is 29.3 Å².